The molecule has 2 atom stereocenters. The van der Waals surface area contributed by atoms with Crippen LogP contribution in [-0.4, -0.2) is 35.9 Å². The fourth-order valence-electron chi connectivity index (χ4n) is 3.51. The molecule has 1 saturated heterocycles. The molecule has 1 aliphatic rings. The molecule has 4 rings (SSSR count). The quantitative estimate of drug-likeness (QED) is 0.605. The highest BCUT2D eigenvalue weighted by Gasteiger charge is 2.47. The number of carbonyl (C=O) groups is 2. The van der Waals surface area contributed by atoms with Crippen LogP contribution in [0.5, 0.6) is 5.75 Å². The number of halogens is 1. The molecule has 0 aromatic heterocycles. The van der Waals surface area contributed by atoms with Gasteiger partial charge in [0.05, 0.1) is 7.11 Å². The Bertz CT molecular complexity index is 1110. The smallest absolute Gasteiger partial charge is 0.304 e. The molecule has 1 fully saturated rings. The highest BCUT2D eigenvalue weighted by Crippen LogP contribution is 2.27. The lowest BCUT2D eigenvalue weighted by molar-refractivity contribution is -0.596. The van der Waals surface area contributed by atoms with E-state index in [1.54, 1.807) is 36.1 Å². The third kappa shape index (κ3) is 4.59. The fourth-order valence-corrected chi connectivity index (χ4v) is 3.63. The van der Waals surface area contributed by atoms with Crippen molar-refractivity contribution in [1.29, 1.82) is 0 Å². The molecule has 0 unspecified atom stereocenters. The molecule has 7 heteroatoms. The molecule has 0 aliphatic carbocycles. The van der Waals surface area contributed by atoms with Crippen LogP contribution in [0, 0.1) is 0 Å². The molecule has 1 heterocycles. The first-order chi connectivity index (χ1) is 15.0. The van der Waals surface area contributed by atoms with Crippen LogP contribution in [-0.2, 0) is 4.79 Å². The van der Waals surface area contributed by atoms with Gasteiger partial charge in [-0.15, -0.1) is 10.1 Å². The van der Waals surface area contributed by atoms with Crippen molar-refractivity contribution in [2.24, 2.45) is 0 Å². The molecule has 0 bridgehead atoms. The van der Waals surface area contributed by atoms with Crippen molar-refractivity contribution in [1.82, 2.24) is 10.7 Å². The van der Waals surface area contributed by atoms with Crippen LogP contribution in [0.4, 0.5) is 0 Å². The zero-order chi connectivity index (χ0) is 21.8. The molecule has 1 aliphatic heterocycles. The predicted molar refractivity (Wildman–Crippen MR) is 118 cm³/mol. The van der Waals surface area contributed by atoms with Crippen LogP contribution >= 0.6 is 11.6 Å². The lowest BCUT2D eigenvalue weighted by Crippen LogP contribution is -2.42. The number of nitrogens with one attached hydrogen (secondary N) is 2. The van der Waals surface area contributed by atoms with Gasteiger partial charge in [-0.1, -0.05) is 29.8 Å². The number of nitrogens with zero attached hydrogens (tertiary/aromatic N) is 1. The topological polar surface area (TPSA) is 70.4 Å². The molecule has 6 nitrogen and oxygen atoms in total. The van der Waals surface area contributed by atoms with E-state index < -0.39 is 12.1 Å². The van der Waals surface area contributed by atoms with Gasteiger partial charge in [-0.25, -0.2) is 0 Å². The first-order valence-corrected chi connectivity index (χ1v) is 10.1. The van der Waals surface area contributed by atoms with Gasteiger partial charge in [-0.3, -0.25) is 9.59 Å². The summed E-state index contributed by atoms with van der Waals surface area (Å²) in [5, 5.41) is 3.41. The number of amides is 2. The zero-order valence-corrected chi connectivity index (χ0v) is 17.5. The van der Waals surface area contributed by atoms with Gasteiger partial charge >= 0.3 is 5.91 Å². The van der Waals surface area contributed by atoms with Gasteiger partial charge in [0, 0.05) is 21.7 Å². The minimum atomic E-state index is -0.795. The van der Waals surface area contributed by atoms with Gasteiger partial charge in [-0.05, 0) is 60.7 Å². The Morgan fingerprint density at radius 3 is 2.35 bits per heavy atom. The number of rotatable bonds is 5. The van der Waals surface area contributed by atoms with Crippen molar-refractivity contribution in [3.63, 3.8) is 0 Å². The SMILES string of the molecule is COc1ccc([C@H]2[C@H](NC(=O)c3ccc(Cl)cc3)C(=O)N/[N+]2=C\c2ccccc2)cc1. The number of hydrazine groups is 1. The largest absolute Gasteiger partial charge is 0.497 e. The van der Waals surface area contributed by atoms with Crippen molar-refractivity contribution in [2.45, 2.75) is 12.1 Å². The normalized spacial score (nSPS) is 19.2. The number of ether oxygens (including phenoxy) is 1. The van der Waals surface area contributed by atoms with E-state index in [0.717, 1.165) is 11.1 Å². The summed E-state index contributed by atoms with van der Waals surface area (Å²) in [6.07, 6.45) is 1.85. The average Bonchev–Trinajstić information content (AvgIpc) is 3.09. The maximum atomic E-state index is 12.9. The Labute approximate surface area is 185 Å². The summed E-state index contributed by atoms with van der Waals surface area (Å²) in [5.41, 5.74) is 5.07. The monoisotopic (exact) mass is 434 g/mol. The molecule has 2 N–H and O–H groups in total. The highest BCUT2D eigenvalue weighted by atomic mass is 35.5. The molecule has 3 aromatic rings. The molecular formula is C24H21ClN3O3+. The molecule has 3 aromatic carbocycles. The number of hydrogen-bond donors (Lipinski definition) is 2. The van der Waals surface area contributed by atoms with Crippen LogP contribution in [0.3, 0.4) is 0 Å². The van der Waals surface area contributed by atoms with Gasteiger partial charge in [-0.2, -0.15) is 0 Å². The lowest BCUT2D eigenvalue weighted by Gasteiger charge is -2.15. The Morgan fingerprint density at radius 1 is 1.03 bits per heavy atom. The van der Waals surface area contributed by atoms with Gasteiger partial charge in [0.15, 0.2) is 6.04 Å². The molecule has 0 spiro atoms. The number of hydrazone groups is 1. The minimum absolute atomic E-state index is 0.296. The summed E-state index contributed by atoms with van der Waals surface area (Å²) >= 11 is 5.92. The van der Waals surface area contributed by atoms with Crippen molar-refractivity contribution in [2.75, 3.05) is 7.11 Å². The summed E-state index contributed by atoms with van der Waals surface area (Å²) in [7, 11) is 1.60. The Kier molecular flexibility index (Phi) is 6.00. The van der Waals surface area contributed by atoms with Gasteiger partial charge in [0.1, 0.15) is 5.75 Å². The number of methoxy groups -OCH3 is 1. The molecular weight excluding hydrogens is 414 g/mol. The van der Waals surface area contributed by atoms with Crippen LogP contribution in [0.1, 0.15) is 27.5 Å². The highest BCUT2D eigenvalue weighted by molar-refractivity contribution is 6.30. The van der Waals surface area contributed by atoms with Crippen LogP contribution < -0.4 is 15.5 Å². The standard InChI is InChI=1S/C24H20ClN3O3/c1-31-20-13-9-17(10-14-20)22-21(26-23(29)18-7-11-19(25)12-8-18)24(30)27-28(22)15-16-5-3-2-4-6-16/h2-15,21-22H,1H3,(H-,26,27,29,30)/p+1/b28-15-/t21-,22-/m0/s1. The molecule has 0 radical (unpaired) electrons. The summed E-state index contributed by atoms with van der Waals surface area (Å²) < 4.78 is 6.98. The summed E-state index contributed by atoms with van der Waals surface area (Å²) in [4.78, 5) is 25.7. The van der Waals surface area contributed by atoms with E-state index in [2.05, 4.69) is 10.7 Å². The number of carbonyl (C=O) groups excluding carboxylic acids is 2. The number of benzene rings is 3. The third-order valence-corrected chi connectivity index (χ3v) is 5.33. The molecule has 31 heavy (non-hydrogen) atoms. The lowest BCUT2D eigenvalue weighted by atomic mass is 9.99. The summed E-state index contributed by atoms with van der Waals surface area (Å²) in [6.45, 7) is 0. The second-order valence-corrected chi connectivity index (χ2v) is 7.54. The van der Waals surface area contributed by atoms with E-state index in [0.29, 0.717) is 16.3 Å². The van der Waals surface area contributed by atoms with Gasteiger partial charge in [0.2, 0.25) is 12.3 Å². The van der Waals surface area contributed by atoms with Crippen molar-refractivity contribution >= 4 is 29.6 Å². The average molecular weight is 435 g/mol. The number of hydrogen-bond acceptors (Lipinski definition) is 3. The van der Waals surface area contributed by atoms with E-state index in [1.165, 1.54) is 0 Å². The predicted octanol–water partition coefficient (Wildman–Crippen LogP) is 3.36. The zero-order valence-electron chi connectivity index (χ0n) is 16.8. The summed E-state index contributed by atoms with van der Waals surface area (Å²) in [5.74, 6) is 0.0635. The van der Waals surface area contributed by atoms with Gasteiger partial charge < -0.3 is 10.1 Å². The van der Waals surface area contributed by atoms with Crippen molar-refractivity contribution < 1.29 is 19.0 Å². The first-order valence-electron chi connectivity index (χ1n) is 9.74. The van der Waals surface area contributed by atoms with Crippen LogP contribution in [0.25, 0.3) is 0 Å². The first kappa shape index (κ1) is 20.6. The van der Waals surface area contributed by atoms with Crippen LogP contribution in [0.15, 0.2) is 78.9 Å². The minimum Gasteiger partial charge on any atom is -0.497 e. The Morgan fingerprint density at radius 2 is 1.71 bits per heavy atom. The third-order valence-electron chi connectivity index (χ3n) is 5.08. The fraction of sp³-hybridized carbons (Fsp3) is 0.125. The van der Waals surface area contributed by atoms with E-state index in [4.69, 9.17) is 16.3 Å². The Balaban J connectivity index is 1.69. The second kappa shape index (κ2) is 9.02. The second-order valence-electron chi connectivity index (χ2n) is 7.10. The van der Waals surface area contributed by atoms with Crippen LogP contribution in [0.2, 0.25) is 5.02 Å². The molecule has 2 amide bonds. The summed E-state index contributed by atoms with van der Waals surface area (Å²) in [6, 6.07) is 22.4. The molecule has 156 valence electrons. The van der Waals surface area contributed by atoms with Crippen molar-refractivity contribution in [3.8, 4) is 5.75 Å². The van der Waals surface area contributed by atoms with E-state index in [1.807, 2.05) is 60.8 Å². The maximum absolute atomic E-state index is 12.9. The maximum Gasteiger partial charge on any atom is 0.304 e. The molecule has 0 saturated carbocycles. The van der Waals surface area contributed by atoms with Crippen molar-refractivity contribution in [3.05, 3.63) is 101 Å². The Hall–Kier alpha value is -3.64. The van der Waals surface area contributed by atoms with E-state index >= 15 is 0 Å². The van der Waals surface area contributed by atoms with E-state index in [9.17, 15) is 9.59 Å². The van der Waals surface area contributed by atoms with Gasteiger partial charge in [0.25, 0.3) is 5.91 Å². The van der Waals surface area contributed by atoms with E-state index in [-0.39, 0.29) is 11.8 Å².